The summed E-state index contributed by atoms with van der Waals surface area (Å²) in [5.74, 6) is -2.27. The van der Waals surface area contributed by atoms with Crippen LogP contribution in [0.25, 0.3) is 0 Å². The van der Waals surface area contributed by atoms with Crippen molar-refractivity contribution in [1.29, 1.82) is 0 Å². The number of esters is 4. The smallest absolute Gasteiger partial charge is 0.327 e. The van der Waals surface area contributed by atoms with Crippen molar-refractivity contribution in [3.05, 3.63) is 0 Å². The van der Waals surface area contributed by atoms with E-state index in [9.17, 15) is 19.2 Å². The molecule has 0 aromatic carbocycles. The van der Waals surface area contributed by atoms with E-state index in [0.29, 0.717) is 8.68 Å². The maximum atomic E-state index is 11.3. The molecular weight excluding hydrogens is 340 g/mol. The van der Waals surface area contributed by atoms with E-state index in [2.05, 4.69) is 19.7 Å². The lowest BCUT2D eigenvalue weighted by atomic mass is 10.4. The van der Waals surface area contributed by atoms with Crippen LogP contribution in [0, 0.1) is 0 Å². The number of hydrogen-bond acceptors (Lipinski definition) is 11. The zero-order valence-corrected chi connectivity index (χ0v) is 12.6. The number of thioether (sulfide) groups is 2. The lowest BCUT2D eigenvalue weighted by Crippen LogP contribution is -2.08. The molecule has 0 bridgehead atoms. The van der Waals surface area contributed by atoms with Crippen LogP contribution in [0.2, 0.25) is 0 Å². The Morgan fingerprint density at radius 3 is 1.62 bits per heavy atom. The average Bonchev–Trinajstić information content (AvgIpc) is 3.04. The Morgan fingerprint density at radius 2 is 1.29 bits per heavy atom. The molecule has 2 fully saturated rings. The van der Waals surface area contributed by atoms with E-state index in [1.165, 1.54) is 11.3 Å². The monoisotopic (exact) mass is 346 g/mol. The highest BCUT2D eigenvalue weighted by Gasteiger charge is 2.37. The topological polar surface area (TPSA) is 113 Å². The predicted molar refractivity (Wildman–Crippen MR) is 70.6 cm³/mol. The summed E-state index contributed by atoms with van der Waals surface area (Å²) in [5, 5.41) is 6.54. The third kappa shape index (κ3) is 3.24. The third-order valence-corrected chi connectivity index (χ3v) is 5.98. The highest BCUT2D eigenvalue weighted by atomic mass is 32.2. The average molecular weight is 346 g/mol. The highest BCUT2D eigenvalue weighted by Crippen LogP contribution is 2.37. The van der Waals surface area contributed by atoms with E-state index in [1.807, 2.05) is 0 Å². The molecule has 3 rings (SSSR count). The molecule has 0 saturated carbocycles. The van der Waals surface area contributed by atoms with Crippen LogP contribution in [0.1, 0.15) is 12.8 Å². The van der Waals surface area contributed by atoms with Crippen molar-refractivity contribution in [2.75, 3.05) is 0 Å². The van der Waals surface area contributed by atoms with Crippen molar-refractivity contribution in [2.24, 2.45) is 0 Å². The summed E-state index contributed by atoms with van der Waals surface area (Å²) in [6.45, 7) is 0. The summed E-state index contributed by atoms with van der Waals surface area (Å²) >= 11 is 3.37. The molecule has 0 amide bonds. The van der Waals surface area contributed by atoms with Crippen LogP contribution in [-0.4, -0.2) is 44.6 Å². The molecule has 110 valence electrons. The molecule has 1 aromatic heterocycles. The van der Waals surface area contributed by atoms with E-state index < -0.39 is 34.4 Å². The van der Waals surface area contributed by atoms with Gasteiger partial charge in [-0.05, 0) is 0 Å². The van der Waals surface area contributed by atoms with Gasteiger partial charge in [0.15, 0.2) is 8.68 Å². The fraction of sp³-hybridized carbons (Fsp3) is 0.400. The predicted octanol–water partition coefficient (Wildman–Crippen LogP) is 0.406. The standard InChI is InChI=1S/C10H6N2O6S3/c13-5-1-3(7(15)17-5)19-9-11-12-10(21-9)20-4-2-6(14)18-8(4)16/h3-4H,1-2H2. The van der Waals surface area contributed by atoms with Crippen LogP contribution in [0.15, 0.2) is 8.68 Å². The third-order valence-electron chi connectivity index (χ3n) is 2.53. The number of aromatic nitrogens is 2. The molecule has 2 saturated heterocycles. The molecule has 0 aliphatic carbocycles. The normalized spacial score (nSPS) is 25.3. The van der Waals surface area contributed by atoms with Crippen LogP contribution >= 0.6 is 34.9 Å². The van der Waals surface area contributed by atoms with Crippen molar-refractivity contribution in [1.82, 2.24) is 10.2 Å². The Kier molecular flexibility index (Phi) is 3.95. The summed E-state index contributed by atoms with van der Waals surface area (Å²) in [5.41, 5.74) is 0. The molecule has 0 radical (unpaired) electrons. The molecule has 0 N–H and O–H groups in total. The first-order chi connectivity index (χ1) is 10.0. The zero-order valence-electron chi connectivity index (χ0n) is 10.1. The minimum atomic E-state index is -0.610. The number of rotatable bonds is 4. The highest BCUT2D eigenvalue weighted by molar-refractivity contribution is 8.04. The quantitative estimate of drug-likeness (QED) is 0.561. The van der Waals surface area contributed by atoms with Gasteiger partial charge in [-0.1, -0.05) is 34.9 Å². The van der Waals surface area contributed by atoms with Gasteiger partial charge in [-0.25, -0.2) is 0 Å². The molecule has 11 heteroatoms. The Balaban J connectivity index is 1.61. The van der Waals surface area contributed by atoms with Gasteiger partial charge in [-0.2, -0.15) is 0 Å². The summed E-state index contributed by atoms with van der Waals surface area (Å²) in [4.78, 5) is 44.6. The Morgan fingerprint density at radius 1 is 0.857 bits per heavy atom. The maximum Gasteiger partial charge on any atom is 0.327 e. The Bertz CT molecular complexity index is 592. The van der Waals surface area contributed by atoms with Crippen LogP contribution in [0.5, 0.6) is 0 Å². The first-order valence-corrected chi connectivity index (χ1v) is 8.24. The van der Waals surface area contributed by atoms with Crippen molar-refractivity contribution >= 4 is 58.7 Å². The Labute approximate surface area is 130 Å². The van der Waals surface area contributed by atoms with E-state index in [1.54, 1.807) is 0 Å². The largest absolute Gasteiger partial charge is 0.392 e. The van der Waals surface area contributed by atoms with Gasteiger partial charge < -0.3 is 9.47 Å². The summed E-state index contributed by atoms with van der Waals surface area (Å²) < 4.78 is 9.87. The minimum absolute atomic E-state index is 0.00894. The second-order valence-corrected chi connectivity index (χ2v) is 7.92. The van der Waals surface area contributed by atoms with Gasteiger partial charge in [0.25, 0.3) is 0 Å². The maximum absolute atomic E-state index is 11.3. The number of hydrogen-bond donors (Lipinski definition) is 0. The van der Waals surface area contributed by atoms with E-state index in [-0.39, 0.29) is 12.8 Å². The fourth-order valence-corrected chi connectivity index (χ4v) is 5.04. The first-order valence-electron chi connectivity index (χ1n) is 5.67. The minimum Gasteiger partial charge on any atom is -0.392 e. The van der Waals surface area contributed by atoms with E-state index >= 15 is 0 Å². The molecule has 1 aromatic rings. The lowest BCUT2D eigenvalue weighted by Gasteiger charge is -1.99. The summed E-state index contributed by atoms with van der Waals surface area (Å²) in [6, 6.07) is 0. The van der Waals surface area contributed by atoms with Gasteiger partial charge in [-0.3, -0.25) is 19.2 Å². The fourth-order valence-electron chi connectivity index (χ4n) is 1.62. The van der Waals surface area contributed by atoms with E-state index in [0.717, 1.165) is 23.5 Å². The van der Waals surface area contributed by atoms with Gasteiger partial charge in [0.05, 0.1) is 12.8 Å². The van der Waals surface area contributed by atoms with Crippen LogP contribution in [0.3, 0.4) is 0 Å². The number of carbonyl (C=O) groups is 4. The van der Waals surface area contributed by atoms with Gasteiger partial charge in [0.2, 0.25) is 0 Å². The van der Waals surface area contributed by atoms with Gasteiger partial charge in [-0.15, -0.1) is 10.2 Å². The first kappa shape index (κ1) is 14.5. The van der Waals surface area contributed by atoms with Gasteiger partial charge in [0, 0.05) is 0 Å². The molecule has 2 unspecified atom stereocenters. The van der Waals surface area contributed by atoms with Crippen molar-refractivity contribution < 1.29 is 28.7 Å². The van der Waals surface area contributed by atoms with Crippen LogP contribution in [-0.2, 0) is 28.7 Å². The van der Waals surface area contributed by atoms with Crippen LogP contribution in [0.4, 0.5) is 0 Å². The molecule has 2 aliphatic rings. The second-order valence-electron chi connectivity index (χ2n) is 4.04. The SMILES string of the molecule is O=C1CC(Sc2nnc(SC3CC(=O)OC3=O)s2)C(=O)O1. The molecule has 3 heterocycles. The van der Waals surface area contributed by atoms with Crippen molar-refractivity contribution in [3.63, 3.8) is 0 Å². The molecule has 0 spiro atoms. The van der Waals surface area contributed by atoms with E-state index in [4.69, 9.17) is 0 Å². The van der Waals surface area contributed by atoms with Crippen LogP contribution < -0.4 is 0 Å². The van der Waals surface area contributed by atoms with Crippen molar-refractivity contribution in [3.8, 4) is 0 Å². The molecule has 2 atom stereocenters. The summed E-state index contributed by atoms with van der Waals surface area (Å²) in [7, 11) is 0. The summed E-state index contributed by atoms with van der Waals surface area (Å²) in [6.07, 6.45) is 0.0179. The molecular formula is C10H6N2O6S3. The van der Waals surface area contributed by atoms with Crippen molar-refractivity contribution in [2.45, 2.75) is 32.0 Å². The molecule has 21 heavy (non-hydrogen) atoms. The Hall–Kier alpha value is -1.46. The zero-order chi connectivity index (χ0) is 15.0. The molecule has 2 aliphatic heterocycles. The second kappa shape index (κ2) is 5.73. The number of cyclic esters (lactones) is 4. The number of nitrogens with zero attached hydrogens (tertiary/aromatic N) is 2. The van der Waals surface area contributed by atoms with Gasteiger partial charge in [0.1, 0.15) is 10.5 Å². The molecule has 8 nitrogen and oxygen atoms in total. The number of ether oxygens (including phenoxy) is 2. The van der Waals surface area contributed by atoms with Gasteiger partial charge >= 0.3 is 23.9 Å². The lowest BCUT2D eigenvalue weighted by molar-refractivity contribution is -0.153. The number of carbonyl (C=O) groups excluding carboxylic acids is 4.